The molecule has 1 saturated carbocycles. The molecule has 0 bridgehead atoms. The van der Waals surface area contributed by atoms with E-state index in [2.05, 4.69) is 10.2 Å². The second-order valence-corrected chi connectivity index (χ2v) is 5.68. The third-order valence-corrected chi connectivity index (χ3v) is 4.31. The second-order valence-electron chi connectivity index (χ2n) is 5.68. The summed E-state index contributed by atoms with van der Waals surface area (Å²) in [6.45, 7) is 0.437. The van der Waals surface area contributed by atoms with Crippen molar-refractivity contribution in [1.29, 1.82) is 0 Å². The fourth-order valence-corrected chi connectivity index (χ4v) is 3.13. The Labute approximate surface area is 128 Å². The predicted octanol–water partition coefficient (Wildman–Crippen LogP) is 3.28. The van der Waals surface area contributed by atoms with Crippen LogP contribution in [-0.2, 0) is 6.54 Å². The Morgan fingerprint density at radius 2 is 1.95 bits per heavy atom. The Kier molecular flexibility index (Phi) is 4.37. The summed E-state index contributed by atoms with van der Waals surface area (Å²) in [5.74, 6) is 0.925. The minimum absolute atomic E-state index is 0.0527. The Bertz CT molecular complexity index is 592. The molecule has 1 heterocycles. The number of hydrogen-bond donors (Lipinski definition) is 1. The first-order valence-corrected chi connectivity index (χ1v) is 7.53. The first-order chi connectivity index (χ1) is 10.7. The van der Waals surface area contributed by atoms with E-state index in [9.17, 15) is 9.90 Å². The van der Waals surface area contributed by atoms with Gasteiger partial charge in [-0.2, -0.15) is 0 Å². The van der Waals surface area contributed by atoms with Gasteiger partial charge in [-0.1, -0.05) is 30.3 Å². The van der Waals surface area contributed by atoms with Crippen LogP contribution in [0.4, 0.5) is 4.79 Å². The van der Waals surface area contributed by atoms with Gasteiger partial charge in [-0.05, 0) is 31.2 Å². The highest BCUT2D eigenvalue weighted by molar-refractivity contribution is 5.65. The van der Waals surface area contributed by atoms with Crippen LogP contribution in [0.5, 0.6) is 0 Å². The molecule has 1 aliphatic rings. The van der Waals surface area contributed by atoms with E-state index in [1.165, 1.54) is 6.39 Å². The van der Waals surface area contributed by atoms with Crippen molar-refractivity contribution in [2.24, 2.45) is 0 Å². The van der Waals surface area contributed by atoms with Crippen molar-refractivity contribution < 1.29 is 14.3 Å². The summed E-state index contributed by atoms with van der Waals surface area (Å²) in [4.78, 5) is 13.2. The molecular weight excluding hydrogens is 282 g/mol. The van der Waals surface area contributed by atoms with Gasteiger partial charge in [0, 0.05) is 18.5 Å². The van der Waals surface area contributed by atoms with Crippen LogP contribution < -0.4 is 0 Å². The maximum absolute atomic E-state index is 11.6. The van der Waals surface area contributed by atoms with Gasteiger partial charge in [0.2, 0.25) is 12.3 Å². The van der Waals surface area contributed by atoms with Gasteiger partial charge in [0.1, 0.15) is 0 Å². The molecule has 1 amide bonds. The number of nitrogens with zero attached hydrogens (tertiary/aromatic N) is 3. The Hall–Kier alpha value is -2.37. The molecule has 6 heteroatoms. The van der Waals surface area contributed by atoms with Gasteiger partial charge in [-0.3, -0.25) is 0 Å². The molecule has 0 saturated heterocycles. The average Bonchev–Trinajstić information content (AvgIpc) is 3.08. The molecule has 1 fully saturated rings. The largest absolute Gasteiger partial charge is 0.465 e. The summed E-state index contributed by atoms with van der Waals surface area (Å²) in [5.41, 5.74) is 1.02. The summed E-state index contributed by atoms with van der Waals surface area (Å²) in [6, 6.07) is 9.77. The molecule has 1 aromatic heterocycles. The zero-order valence-corrected chi connectivity index (χ0v) is 12.3. The molecule has 1 N–H and O–H groups in total. The smallest absolute Gasteiger partial charge is 0.407 e. The summed E-state index contributed by atoms with van der Waals surface area (Å²) >= 11 is 0. The minimum atomic E-state index is -0.856. The summed E-state index contributed by atoms with van der Waals surface area (Å²) < 4.78 is 5.26. The van der Waals surface area contributed by atoms with E-state index in [1.54, 1.807) is 4.90 Å². The lowest BCUT2D eigenvalue weighted by atomic mass is 9.85. The molecule has 6 nitrogen and oxygen atoms in total. The van der Waals surface area contributed by atoms with Crippen LogP contribution in [0.2, 0.25) is 0 Å². The number of rotatable bonds is 4. The van der Waals surface area contributed by atoms with Crippen molar-refractivity contribution in [3.05, 3.63) is 48.2 Å². The molecule has 116 valence electrons. The van der Waals surface area contributed by atoms with Crippen LogP contribution in [0.1, 0.15) is 43.1 Å². The predicted molar refractivity (Wildman–Crippen MR) is 79.3 cm³/mol. The number of amides is 1. The summed E-state index contributed by atoms with van der Waals surface area (Å²) in [5, 5.41) is 17.2. The highest BCUT2D eigenvalue weighted by Crippen LogP contribution is 2.34. The van der Waals surface area contributed by atoms with E-state index in [0.29, 0.717) is 12.4 Å². The van der Waals surface area contributed by atoms with E-state index in [1.807, 2.05) is 30.3 Å². The van der Waals surface area contributed by atoms with Gasteiger partial charge < -0.3 is 14.4 Å². The number of hydrogen-bond acceptors (Lipinski definition) is 4. The van der Waals surface area contributed by atoms with Gasteiger partial charge in [-0.15, -0.1) is 10.2 Å². The molecule has 1 aliphatic carbocycles. The summed E-state index contributed by atoms with van der Waals surface area (Å²) in [6.07, 6.45) is 3.90. The number of carboxylic acid groups (broad SMARTS) is 1. The molecular formula is C16H19N3O3. The molecule has 1 aromatic carbocycles. The van der Waals surface area contributed by atoms with E-state index < -0.39 is 6.09 Å². The van der Waals surface area contributed by atoms with Crippen molar-refractivity contribution in [2.45, 2.75) is 44.2 Å². The molecule has 3 rings (SSSR count). The van der Waals surface area contributed by atoms with Gasteiger partial charge in [0.15, 0.2) is 0 Å². The van der Waals surface area contributed by atoms with E-state index >= 15 is 0 Å². The molecule has 0 radical (unpaired) electrons. The highest BCUT2D eigenvalue weighted by Gasteiger charge is 2.31. The van der Waals surface area contributed by atoms with Crippen LogP contribution in [0.15, 0.2) is 41.1 Å². The van der Waals surface area contributed by atoms with Crippen molar-refractivity contribution in [3.8, 4) is 0 Å². The molecule has 0 atom stereocenters. The number of carbonyl (C=O) groups is 1. The lowest BCUT2D eigenvalue weighted by Gasteiger charge is -2.34. The maximum Gasteiger partial charge on any atom is 0.407 e. The van der Waals surface area contributed by atoms with E-state index in [4.69, 9.17) is 4.42 Å². The van der Waals surface area contributed by atoms with E-state index in [-0.39, 0.29) is 12.0 Å². The van der Waals surface area contributed by atoms with Crippen molar-refractivity contribution in [1.82, 2.24) is 15.1 Å². The van der Waals surface area contributed by atoms with Gasteiger partial charge in [-0.25, -0.2) is 4.79 Å². The Morgan fingerprint density at radius 3 is 2.55 bits per heavy atom. The molecule has 2 aromatic rings. The number of benzene rings is 1. The lowest BCUT2D eigenvalue weighted by molar-refractivity contribution is 0.103. The molecule has 0 aliphatic heterocycles. The zero-order chi connectivity index (χ0) is 15.4. The fourth-order valence-electron chi connectivity index (χ4n) is 3.13. The fraction of sp³-hybridized carbons (Fsp3) is 0.438. The zero-order valence-electron chi connectivity index (χ0n) is 12.3. The van der Waals surface area contributed by atoms with Crippen LogP contribution in [0, 0.1) is 0 Å². The van der Waals surface area contributed by atoms with E-state index in [0.717, 1.165) is 31.2 Å². The lowest BCUT2D eigenvalue weighted by Crippen LogP contribution is -2.40. The topological polar surface area (TPSA) is 79.5 Å². The first kappa shape index (κ1) is 14.6. The molecule has 0 spiro atoms. The molecule has 22 heavy (non-hydrogen) atoms. The Morgan fingerprint density at radius 1 is 1.23 bits per heavy atom. The van der Waals surface area contributed by atoms with Crippen LogP contribution in [-0.4, -0.2) is 32.3 Å². The first-order valence-electron chi connectivity index (χ1n) is 7.53. The third-order valence-electron chi connectivity index (χ3n) is 4.31. The monoisotopic (exact) mass is 301 g/mol. The van der Waals surface area contributed by atoms with Crippen molar-refractivity contribution >= 4 is 6.09 Å². The average molecular weight is 301 g/mol. The normalized spacial score (nSPS) is 21.5. The SMILES string of the molecule is O=C(O)N(Cc1ccccc1)[C@H]1CC[C@H](c2nnco2)CC1. The van der Waals surface area contributed by atoms with Crippen molar-refractivity contribution in [3.63, 3.8) is 0 Å². The third kappa shape index (κ3) is 3.27. The summed E-state index contributed by atoms with van der Waals surface area (Å²) in [7, 11) is 0. The Balaban J connectivity index is 1.63. The van der Waals surface area contributed by atoms with Crippen LogP contribution in [0.3, 0.4) is 0 Å². The minimum Gasteiger partial charge on any atom is -0.465 e. The quantitative estimate of drug-likeness (QED) is 0.937. The van der Waals surface area contributed by atoms with Crippen LogP contribution in [0.25, 0.3) is 0 Å². The van der Waals surface area contributed by atoms with Gasteiger partial charge in [0.25, 0.3) is 0 Å². The molecule has 0 unspecified atom stereocenters. The number of aromatic nitrogens is 2. The highest BCUT2D eigenvalue weighted by atomic mass is 16.4. The maximum atomic E-state index is 11.6. The standard InChI is InChI=1S/C16H19N3O3/c20-16(21)19(10-12-4-2-1-3-5-12)14-8-6-13(7-9-14)15-18-17-11-22-15/h1-5,11,13-14H,6-10H2,(H,20,21)/t13-,14-. The van der Waals surface area contributed by atoms with Crippen molar-refractivity contribution in [2.75, 3.05) is 0 Å². The van der Waals surface area contributed by atoms with Gasteiger partial charge in [0.05, 0.1) is 0 Å². The van der Waals surface area contributed by atoms with Gasteiger partial charge >= 0.3 is 6.09 Å². The second kappa shape index (κ2) is 6.60. The van der Waals surface area contributed by atoms with Crippen LogP contribution >= 0.6 is 0 Å².